The third-order valence-electron chi connectivity index (χ3n) is 4.30. The molecule has 1 aromatic heterocycles. The summed E-state index contributed by atoms with van der Waals surface area (Å²) in [5.74, 6) is 0.704. The Morgan fingerprint density at radius 2 is 1.56 bits per heavy atom. The van der Waals surface area contributed by atoms with Crippen molar-refractivity contribution >= 4 is 22.5 Å². The Hall–Kier alpha value is -3.40. The lowest BCUT2D eigenvalue weighted by Crippen LogP contribution is -2.06. The number of nitrogens with two attached hydrogens (primary N) is 1. The van der Waals surface area contributed by atoms with Crippen LogP contribution in [0, 0.1) is 6.92 Å². The maximum Gasteiger partial charge on any atom is 0.197 e. The van der Waals surface area contributed by atoms with Gasteiger partial charge in [-0.2, -0.15) is 0 Å². The first-order valence-electron chi connectivity index (χ1n) is 8.09. The van der Waals surface area contributed by atoms with Gasteiger partial charge in [0.2, 0.25) is 0 Å². The largest absolute Gasteiger partial charge is 0.398 e. The number of carbonyl (C=O) groups excluding carboxylic acids is 1. The van der Waals surface area contributed by atoms with Gasteiger partial charge in [-0.15, -0.1) is 0 Å². The number of para-hydroxylation sites is 1. The molecule has 0 spiro atoms. The van der Waals surface area contributed by atoms with Crippen LogP contribution in [0.4, 0.5) is 5.69 Å². The fourth-order valence-electron chi connectivity index (χ4n) is 3.15. The van der Waals surface area contributed by atoms with Crippen molar-refractivity contribution in [1.82, 2.24) is 9.55 Å². The van der Waals surface area contributed by atoms with Gasteiger partial charge in [0.05, 0.1) is 11.1 Å². The van der Waals surface area contributed by atoms with E-state index in [1.54, 1.807) is 18.2 Å². The van der Waals surface area contributed by atoms with Crippen LogP contribution in [0.1, 0.15) is 21.7 Å². The van der Waals surface area contributed by atoms with Crippen LogP contribution in [0.2, 0.25) is 0 Å². The third kappa shape index (κ3) is 2.48. The van der Waals surface area contributed by atoms with Crippen molar-refractivity contribution in [2.75, 3.05) is 5.73 Å². The second-order valence-electron chi connectivity index (χ2n) is 5.92. The number of fused-ring (bicyclic) bond motifs is 1. The SMILES string of the molecule is Cc1nc2c(C(=O)c3ccccc3)c(N)ccc2n1-c1ccccc1. The Morgan fingerprint density at radius 3 is 2.24 bits per heavy atom. The third-order valence-corrected chi connectivity index (χ3v) is 4.30. The molecule has 4 heteroatoms. The van der Waals surface area contributed by atoms with Gasteiger partial charge in [-0.05, 0) is 31.2 Å². The van der Waals surface area contributed by atoms with Crippen molar-refractivity contribution in [2.24, 2.45) is 0 Å². The van der Waals surface area contributed by atoms with E-state index in [9.17, 15) is 4.79 Å². The highest BCUT2D eigenvalue weighted by atomic mass is 16.1. The summed E-state index contributed by atoms with van der Waals surface area (Å²) >= 11 is 0. The Bertz CT molecular complexity index is 1070. The lowest BCUT2D eigenvalue weighted by molar-refractivity contribution is 0.104. The van der Waals surface area contributed by atoms with E-state index >= 15 is 0 Å². The standard InChI is InChI=1S/C21H17N3O/c1-14-23-20-18(24(14)16-10-6-3-7-11-16)13-12-17(22)19(20)21(25)15-8-4-2-5-9-15/h2-13H,22H2,1H3. The lowest BCUT2D eigenvalue weighted by Gasteiger charge is -2.09. The van der Waals surface area contributed by atoms with Crippen LogP contribution >= 0.6 is 0 Å². The number of carbonyl (C=O) groups is 1. The number of hydrogen-bond donors (Lipinski definition) is 1. The maximum atomic E-state index is 13.0. The zero-order valence-electron chi connectivity index (χ0n) is 13.8. The molecule has 122 valence electrons. The number of aryl methyl sites for hydroxylation is 1. The Labute approximate surface area is 145 Å². The van der Waals surface area contributed by atoms with E-state index in [4.69, 9.17) is 5.73 Å². The molecule has 25 heavy (non-hydrogen) atoms. The van der Waals surface area contributed by atoms with Gasteiger partial charge in [0.1, 0.15) is 11.3 Å². The van der Waals surface area contributed by atoms with E-state index in [-0.39, 0.29) is 5.78 Å². The maximum absolute atomic E-state index is 13.0. The van der Waals surface area contributed by atoms with Crippen molar-refractivity contribution in [2.45, 2.75) is 6.92 Å². The zero-order chi connectivity index (χ0) is 17.4. The van der Waals surface area contributed by atoms with Crippen molar-refractivity contribution in [1.29, 1.82) is 0 Å². The molecule has 4 rings (SSSR count). The van der Waals surface area contributed by atoms with Crippen molar-refractivity contribution in [3.63, 3.8) is 0 Å². The van der Waals surface area contributed by atoms with Crippen LogP contribution in [0.5, 0.6) is 0 Å². The molecule has 2 N–H and O–H groups in total. The average Bonchev–Trinajstić information content (AvgIpc) is 2.98. The molecule has 0 aliphatic rings. The van der Waals surface area contributed by atoms with Crippen LogP contribution in [-0.4, -0.2) is 15.3 Å². The number of aromatic nitrogens is 2. The Morgan fingerprint density at radius 1 is 0.920 bits per heavy atom. The molecular weight excluding hydrogens is 310 g/mol. The summed E-state index contributed by atoms with van der Waals surface area (Å²) in [6.45, 7) is 1.93. The van der Waals surface area contributed by atoms with Crippen LogP contribution < -0.4 is 5.73 Å². The fourth-order valence-corrected chi connectivity index (χ4v) is 3.15. The number of imidazole rings is 1. The van der Waals surface area contributed by atoms with Crippen LogP contribution in [-0.2, 0) is 0 Å². The molecule has 4 nitrogen and oxygen atoms in total. The predicted molar refractivity (Wildman–Crippen MR) is 100 cm³/mol. The van der Waals surface area contributed by atoms with Crippen molar-refractivity contribution in [3.8, 4) is 5.69 Å². The van der Waals surface area contributed by atoms with E-state index in [1.165, 1.54) is 0 Å². The molecule has 0 aliphatic heterocycles. The van der Waals surface area contributed by atoms with E-state index in [1.807, 2.05) is 66.1 Å². The molecule has 0 fully saturated rings. The van der Waals surface area contributed by atoms with Crippen molar-refractivity contribution < 1.29 is 4.79 Å². The van der Waals surface area contributed by atoms with Gasteiger partial charge in [0.25, 0.3) is 0 Å². The first kappa shape index (κ1) is 15.1. The quantitative estimate of drug-likeness (QED) is 0.454. The molecule has 0 radical (unpaired) electrons. The second kappa shape index (κ2) is 5.91. The summed E-state index contributed by atoms with van der Waals surface area (Å²) in [6.07, 6.45) is 0. The molecule has 0 saturated heterocycles. The van der Waals surface area contributed by atoms with Crippen LogP contribution in [0.25, 0.3) is 16.7 Å². The van der Waals surface area contributed by atoms with Gasteiger partial charge in [-0.1, -0.05) is 48.5 Å². The summed E-state index contributed by atoms with van der Waals surface area (Å²) in [6, 6.07) is 22.8. The number of rotatable bonds is 3. The molecule has 0 amide bonds. The second-order valence-corrected chi connectivity index (χ2v) is 5.92. The summed E-state index contributed by atoms with van der Waals surface area (Å²) in [5.41, 5.74) is 10.2. The van der Waals surface area contributed by atoms with Crippen LogP contribution in [0.3, 0.4) is 0 Å². The number of hydrogen-bond acceptors (Lipinski definition) is 3. The minimum Gasteiger partial charge on any atom is -0.398 e. The summed E-state index contributed by atoms with van der Waals surface area (Å²) in [7, 11) is 0. The van der Waals surface area contributed by atoms with E-state index in [0.717, 1.165) is 17.0 Å². The van der Waals surface area contributed by atoms with Gasteiger partial charge in [-0.3, -0.25) is 9.36 Å². The molecule has 0 bridgehead atoms. The molecular formula is C21H17N3O. The molecule has 0 saturated carbocycles. The molecule has 0 atom stereocenters. The number of nitrogens with zero attached hydrogens (tertiary/aromatic N) is 2. The minimum atomic E-state index is -0.110. The van der Waals surface area contributed by atoms with E-state index in [2.05, 4.69) is 4.98 Å². The van der Waals surface area contributed by atoms with Gasteiger partial charge < -0.3 is 5.73 Å². The zero-order valence-corrected chi connectivity index (χ0v) is 13.8. The van der Waals surface area contributed by atoms with Gasteiger partial charge in [-0.25, -0.2) is 4.98 Å². The Kier molecular flexibility index (Phi) is 3.58. The minimum absolute atomic E-state index is 0.110. The first-order valence-corrected chi connectivity index (χ1v) is 8.09. The van der Waals surface area contributed by atoms with Gasteiger partial charge in [0, 0.05) is 16.9 Å². The molecule has 3 aromatic carbocycles. The summed E-state index contributed by atoms with van der Waals surface area (Å²) in [5, 5.41) is 0. The van der Waals surface area contributed by atoms with E-state index in [0.29, 0.717) is 22.3 Å². The average molecular weight is 327 g/mol. The number of ketones is 1. The van der Waals surface area contributed by atoms with Crippen molar-refractivity contribution in [3.05, 3.63) is 89.7 Å². The smallest absolute Gasteiger partial charge is 0.197 e. The summed E-state index contributed by atoms with van der Waals surface area (Å²) < 4.78 is 2.04. The highest BCUT2D eigenvalue weighted by Gasteiger charge is 2.20. The molecule has 0 unspecified atom stereocenters. The lowest BCUT2D eigenvalue weighted by atomic mass is 10.0. The predicted octanol–water partition coefficient (Wildman–Crippen LogP) is 4.15. The fraction of sp³-hybridized carbons (Fsp3) is 0.0476. The first-order chi connectivity index (χ1) is 12.2. The Balaban J connectivity index is 1.98. The highest BCUT2D eigenvalue weighted by Crippen LogP contribution is 2.29. The van der Waals surface area contributed by atoms with Crippen LogP contribution in [0.15, 0.2) is 72.8 Å². The molecule has 0 aliphatic carbocycles. The highest BCUT2D eigenvalue weighted by molar-refractivity contribution is 6.18. The summed E-state index contributed by atoms with van der Waals surface area (Å²) in [4.78, 5) is 17.7. The normalized spacial score (nSPS) is 10.9. The topological polar surface area (TPSA) is 60.9 Å². The molecule has 1 heterocycles. The monoisotopic (exact) mass is 327 g/mol. The number of nitrogen functional groups attached to an aromatic ring is 1. The van der Waals surface area contributed by atoms with Gasteiger partial charge in [0.15, 0.2) is 5.78 Å². The van der Waals surface area contributed by atoms with E-state index < -0.39 is 0 Å². The van der Waals surface area contributed by atoms with Gasteiger partial charge >= 0.3 is 0 Å². The number of benzene rings is 3. The number of anilines is 1. The molecule has 4 aromatic rings.